The van der Waals surface area contributed by atoms with Crippen LogP contribution >= 0.6 is 0 Å². The van der Waals surface area contributed by atoms with E-state index in [4.69, 9.17) is 5.11 Å². The topological polar surface area (TPSA) is 98.7 Å². The summed E-state index contributed by atoms with van der Waals surface area (Å²) in [6.45, 7) is 5.91. The van der Waals surface area contributed by atoms with Crippen molar-refractivity contribution in [2.45, 2.75) is 39.5 Å². The maximum Gasteiger partial charge on any atom is 0.314 e. The Bertz CT molecular complexity index is 317. The lowest BCUT2D eigenvalue weighted by Crippen LogP contribution is -2.39. The summed E-state index contributed by atoms with van der Waals surface area (Å²) in [5.74, 6) is -0.805. The largest absolute Gasteiger partial charge is 0.481 e. The lowest BCUT2D eigenvalue weighted by atomic mass is 10.2. The van der Waals surface area contributed by atoms with Crippen LogP contribution in [0.25, 0.3) is 0 Å². The maximum absolute atomic E-state index is 11.6. The number of hydrogen-bond donors (Lipinski definition) is 3. The van der Waals surface area contributed by atoms with Gasteiger partial charge < -0.3 is 20.6 Å². The van der Waals surface area contributed by atoms with Gasteiger partial charge in [-0.1, -0.05) is 0 Å². The number of urea groups is 1. The highest BCUT2D eigenvalue weighted by molar-refractivity contribution is 5.78. The third-order valence-electron chi connectivity index (χ3n) is 2.84. The average molecular weight is 287 g/mol. The Hall–Kier alpha value is -1.79. The molecule has 0 fully saturated rings. The van der Waals surface area contributed by atoms with Gasteiger partial charge in [-0.05, 0) is 26.7 Å². The first-order valence-electron chi connectivity index (χ1n) is 7.02. The standard InChI is InChI=1S/C13H25N3O4/c1-3-16(4-2)11(17)8-10-15-13(20)14-9-6-5-7-12(18)19/h3-10H2,1-2H3,(H,18,19)(H2,14,15,20). The predicted molar refractivity (Wildman–Crippen MR) is 75.4 cm³/mol. The fourth-order valence-electron chi connectivity index (χ4n) is 1.68. The summed E-state index contributed by atoms with van der Waals surface area (Å²) < 4.78 is 0. The van der Waals surface area contributed by atoms with Crippen LogP contribution < -0.4 is 10.6 Å². The number of nitrogens with zero attached hydrogens (tertiary/aromatic N) is 1. The molecule has 0 aliphatic rings. The lowest BCUT2D eigenvalue weighted by Gasteiger charge is -2.18. The number of aliphatic carboxylic acids is 1. The first kappa shape index (κ1) is 18.2. The van der Waals surface area contributed by atoms with E-state index in [2.05, 4.69) is 10.6 Å². The summed E-state index contributed by atoms with van der Waals surface area (Å²) >= 11 is 0. The van der Waals surface area contributed by atoms with Gasteiger partial charge in [-0.3, -0.25) is 9.59 Å². The minimum Gasteiger partial charge on any atom is -0.481 e. The van der Waals surface area contributed by atoms with E-state index in [0.29, 0.717) is 39.0 Å². The summed E-state index contributed by atoms with van der Waals surface area (Å²) in [7, 11) is 0. The number of amides is 3. The molecule has 3 N–H and O–H groups in total. The molecule has 0 aliphatic carbocycles. The van der Waals surface area contributed by atoms with Gasteiger partial charge in [0.25, 0.3) is 0 Å². The van der Waals surface area contributed by atoms with Gasteiger partial charge in [0, 0.05) is 39.0 Å². The van der Waals surface area contributed by atoms with Crippen molar-refractivity contribution in [1.29, 1.82) is 0 Å². The van der Waals surface area contributed by atoms with Gasteiger partial charge in [0.1, 0.15) is 0 Å². The number of carboxylic acid groups (broad SMARTS) is 1. The number of hydrogen-bond acceptors (Lipinski definition) is 3. The van der Waals surface area contributed by atoms with E-state index in [1.165, 1.54) is 0 Å². The van der Waals surface area contributed by atoms with Crippen LogP contribution in [0.1, 0.15) is 39.5 Å². The molecule has 0 spiro atoms. The average Bonchev–Trinajstić information content (AvgIpc) is 2.39. The highest BCUT2D eigenvalue weighted by Crippen LogP contribution is 1.94. The van der Waals surface area contributed by atoms with Crippen LogP contribution in [0, 0.1) is 0 Å². The van der Waals surface area contributed by atoms with E-state index in [0.717, 1.165) is 0 Å². The summed E-state index contributed by atoms with van der Waals surface area (Å²) in [6.07, 6.45) is 1.56. The zero-order valence-corrected chi connectivity index (χ0v) is 12.3. The van der Waals surface area contributed by atoms with Crippen molar-refractivity contribution in [2.75, 3.05) is 26.2 Å². The van der Waals surface area contributed by atoms with E-state index in [1.807, 2.05) is 13.8 Å². The Labute approximate surface area is 119 Å². The summed E-state index contributed by atoms with van der Waals surface area (Å²) in [4.78, 5) is 35.0. The molecule has 0 atom stereocenters. The highest BCUT2D eigenvalue weighted by atomic mass is 16.4. The molecule has 7 heteroatoms. The lowest BCUT2D eigenvalue weighted by molar-refractivity contribution is -0.137. The molecule has 0 aromatic carbocycles. The molecule has 0 rings (SSSR count). The minimum atomic E-state index is -0.829. The summed E-state index contributed by atoms with van der Waals surface area (Å²) in [5, 5.41) is 13.7. The van der Waals surface area contributed by atoms with E-state index in [1.54, 1.807) is 4.90 Å². The molecule has 3 amide bonds. The Morgan fingerprint density at radius 1 is 0.950 bits per heavy atom. The molecule has 0 bridgehead atoms. The molecule has 20 heavy (non-hydrogen) atoms. The molecule has 7 nitrogen and oxygen atoms in total. The fourth-order valence-corrected chi connectivity index (χ4v) is 1.68. The van der Waals surface area contributed by atoms with Crippen LogP contribution in [0.2, 0.25) is 0 Å². The van der Waals surface area contributed by atoms with Crippen molar-refractivity contribution in [3.05, 3.63) is 0 Å². The van der Waals surface area contributed by atoms with E-state index in [-0.39, 0.29) is 24.8 Å². The van der Waals surface area contributed by atoms with Crippen molar-refractivity contribution >= 4 is 17.9 Å². The molecule has 0 saturated heterocycles. The van der Waals surface area contributed by atoms with Crippen LogP contribution in [-0.4, -0.2) is 54.1 Å². The molecule has 0 aromatic heterocycles. The van der Waals surface area contributed by atoms with Crippen LogP contribution in [0.5, 0.6) is 0 Å². The SMILES string of the molecule is CCN(CC)C(=O)CCNC(=O)NCCCCC(=O)O. The second-order valence-corrected chi connectivity index (χ2v) is 4.35. The van der Waals surface area contributed by atoms with Crippen molar-refractivity contribution in [2.24, 2.45) is 0 Å². The van der Waals surface area contributed by atoms with Crippen LogP contribution in [0.15, 0.2) is 0 Å². The molecule has 0 heterocycles. The molecule has 116 valence electrons. The Balaban J connectivity index is 3.58. The van der Waals surface area contributed by atoms with Gasteiger partial charge in [-0.25, -0.2) is 4.79 Å². The van der Waals surface area contributed by atoms with Crippen molar-refractivity contribution in [3.63, 3.8) is 0 Å². The number of unbranched alkanes of at least 4 members (excludes halogenated alkanes) is 1. The monoisotopic (exact) mass is 287 g/mol. The first-order valence-corrected chi connectivity index (χ1v) is 7.02. The van der Waals surface area contributed by atoms with Crippen molar-refractivity contribution < 1.29 is 19.5 Å². The van der Waals surface area contributed by atoms with Gasteiger partial charge in [-0.2, -0.15) is 0 Å². The predicted octanol–water partition coefficient (Wildman–Crippen LogP) is 0.799. The van der Waals surface area contributed by atoms with Gasteiger partial charge in [0.15, 0.2) is 0 Å². The van der Waals surface area contributed by atoms with Crippen LogP contribution in [0.4, 0.5) is 4.79 Å². The zero-order valence-electron chi connectivity index (χ0n) is 12.3. The number of carboxylic acids is 1. The summed E-state index contributed by atoms with van der Waals surface area (Å²) in [6, 6.07) is -0.326. The molecule has 0 saturated carbocycles. The van der Waals surface area contributed by atoms with Crippen LogP contribution in [-0.2, 0) is 9.59 Å². The number of nitrogens with one attached hydrogen (secondary N) is 2. The summed E-state index contributed by atoms with van der Waals surface area (Å²) in [5.41, 5.74) is 0. The van der Waals surface area contributed by atoms with E-state index in [9.17, 15) is 14.4 Å². The number of rotatable bonds is 10. The van der Waals surface area contributed by atoms with Gasteiger partial charge >= 0.3 is 12.0 Å². The Morgan fingerprint density at radius 2 is 1.55 bits per heavy atom. The second kappa shape index (κ2) is 11.1. The third kappa shape index (κ3) is 9.18. The molecule has 0 aromatic rings. The number of carbonyl (C=O) groups excluding carboxylic acids is 2. The zero-order chi connectivity index (χ0) is 15.4. The molecular formula is C13H25N3O4. The van der Waals surface area contributed by atoms with Crippen LogP contribution in [0.3, 0.4) is 0 Å². The minimum absolute atomic E-state index is 0.0248. The van der Waals surface area contributed by atoms with Gasteiger partial charge in [0.05, 0.1) is 0 Å². The Morgan fingerprint density at radius 3 is 2.10 bits per heavy atom. The van der Waals surface area contributed by atoms with Gasteiger partial charge in [0.2, 0.25) is 5.91 Å². The second-order valence-electron chi connectivity index (χ2n) is 4.35. The quantitative estimate of drug-likeness (QED) is 0.517. The van der Waals surface area contributed by atoms with E-state index >= 15 is 0 Å². The van der Waals surface area contributed by atoms with Gasteiger partial charge in [-0.15, -0.1) is 0 Å². The molecule has 0 unspecified atom stereocenters. The first-order chi connectivity index (χ1) is 9.51. The normalized spacial score (nSPS) is 9.90. The Kier molecular flexibility index (Phi) is 10.1. The third-order valence-corrected chi connectivity index (χ3v) is 2.84. The highest BCUT2D eigenvalue weighted by Gasteiger charge is 2.09. The van der Waals surface area contributed by atoms with E-state index < -0.39 is 5.97 Å². The maximum atomic E-state index is 11.6. The fraction of sp³-hybridized carbons (Fsp3) is 0.769. The smallest absolute Gasteiger partial charge is 0.314 e. The molecule has 0 aliphatic heterocycles. The molecular weight excluding hydrogens is 262 g/mol. The number of carbonyl (C=O) groups is 3. The molecule has 0 radical (unpaired) electrons. The van der Waals surface area contributed by atoms with Crippen molar-refractivity contribution in [3.8, 4) is 0 Å². The van der Waals surface area contributed by atoms with Crippen molar-refractivity contribution in [1.82, 2.24) is 15.5 Å².